The van der Waals surface area contributed by atoms with Gasteiger partial charge in [0.1, 0.15) is 10.7 Å². The van der Waals surface area contributed by atoms with E-state index in [1.54, 1.807) is 0 Å². The number of rotatable bonds is 5. The number of aromatic nitrogens is 1. The van der Waals surface area contributed by atoms with Gasteiger partial charge in [-0.3, -0.25) is 4.79 Å². The van der Waals surface area contributed by atoms with Gasteiger partial charge in [-0.15, -0.1) is 22.7 Å². The van der Waals surface area contributed by atoms with Gasteiger partial charge in [0.05, 0.1) is 9.21 Å². The molecule has 6 heteroatoms. The molecule has 0 saturated heterocycles. The Kier molecular flexibility index (Phi) is 4.57. The standard InChI is InChI=1S/C16H19ClN2OS2/c1-9(2)10(3)19(11-4-5-11)16(20)12-8-21-15(18-12)13-6-7-14(17)22-13/h6-11H,4-5H2,1-3H3/t10-/m0/s1. The van der Waals surface area contributed by atoms with E-state index in [-0.39, 0.29) is 11.9 Å². The molecule has 1 atom stereocenters. The average molecular weight is 355 g/mol. The first-order valence-electron chi connectivity index (χ1n) is 7.51. The Labute approximate surface area is 143 Å². The van der Waals surface area contributed by atoms with Crippen LogP contribution in [0.5, 0.6) is 0 Å². The normalized spacial score (nSPS) is 16.0. The van der Waals surface area contributed by atoms with Crippen LogP contribution < -0.4 is 0 Å². The molecule has 0 radical (unpaired) electrons. The Morgan fingerprint density at radius 1 is 1.36 bits per heavy atom. The lowest BCUT2D eigenvalue weighted by Gasteiger charge is -2.31. The number of thiophene rings is 1. The zero-order valence-electron chi connectivity index (χ0n) is 12.9. The molecule has 1 aliphatic carbocycles. The van der Waals surface area contributed by atoms with E-state index in [1.165, 1.54) is 22.7 Å². The summed E-state index contributed by atoms with van der Waals surface area (Å²) in [5.74, 6) is 0.507. The molecule has 1 saturated carbocycles. The van der Waals surface area contributed by atoms with Crippen molar-refractivity contribution in [3.05, 3.63) is 27.5 Å². The van der Waals surface area contributed by atoms with Crippen molar-refractivity contribution in [2.24, 2.45) is 5.92 Å². The van der Waals surface area contributed by atoms with E-state index < -0.39 is 0 Å². The first kappa shape index (κ1) is 16.0. The summed E-state index contributed by atoms with van der Waals surface area (Å²) in [7, 11) is 0. The minimum atomic E-state index is 0.0638. The third-order valence-corrected chi connectivity index (χ3v) is 6.33. The van der Waals surface area contributed by atoms with Crippen molar-refractivity contribution >= 4 is 40.2 Å². The molecule has 2 aromatic rings. The molecule has 0 N–H and O–H groups in total. The van der Waals surface area contributed by atoms with Gasteiger partial charge in [-0.2, -0.15) is 0 Å². The van der Waals surface area contributed by atoms with Crippen LogP contribution >= 0.6 is 34.3 Å². The molecular formula is C16H19ClN2OS2. The Balaban J connectivity index is 1.83. The molecule has 0 unspecified atom stereocenters. The quantitative estimate of drug-likeness (QED) is 0.741. The predicted molar refractivity (Wildman–Crippen MR) is 93.9 cm³/mol. The molecule has 0 aromatic carbocycles. The van der Waals surface area contributed by atoms with Gasteiger partial charge in [-0.1, -0.05) is 25.4 Å². The average Bonchev–Trinajstić information content (AvgIpc) is 3.01. The van der Waals surface area contributed by atoms with Crippen molar-refractivity contribution in [3.8, 4) is 9.88 Å². The minimum Gasteiger partial charge on any atom is -0.331 e. The fourth-order valence-electron chi connectivity index (χ4n) is 2.40. The summed E-state index contributed by atoms with van der Waals surface area (Å²) in [6, 6.07) is 4.45. The van der Waals surface area contributed by atoms with Crippen LogP contribution in [0, 0.1) is 5.92 Å². The van der Waals surface area contributed by atoms with Gasteiger partial charge in [-0.05, 0) is 37.8 Å². The number of nitrogens with zero attached hydrogens (tertiary/aromatic N) is 2. The van der Waals surface area contributed by atoms with Gasteiger partial charge < -0.3 is 4.90 Å². The maximum Gasteiger partial charge on any atom is 0.273 e. The molecule has 0 bridgehead atoms. The molecule has 22 heavy (non-hydrogen) atoms. The fraction of sp³-hybridized carbons (Fsp3) is 0.500. The molecule has 1 fully saturated rings. The second kappa shape index (κ2) is 6.30. The summed E-state index contributed by atoms with van der Waals surface area (Å²) in [5.41, 5.74) is 0.559. The first-order chi connectivity index (χ1) is 10.5. The Bertz CT molecular complexity index is 675. The molecule has 0 aliphatic heterocycles. The summed E-state index contributed by atoms with van der Waals surface area (Å²) >= 11 is 8.98. The van der Waals surface area contributed by atoms with Gasteiger partial charge in [0.25, 0.3) is 5.91 Å². The van der Waals surface area contributed by atoms with Crippen LogP contribution in [-0.2, 0) is 0 Å². The highest BCUT2D eigenvalue weighted by molar-refractivity contribution is 7.23. The molecule has 118 valence electrons. The predicted octanol–water partition coefficient (Wildman–Crippen LogP) is 5.17. The van der Waals surface area contributed by atoms with Crippen molar-refractivity contribution in [1.82, 2.24) is 9.88 Å². The van der Waals surface area contributed by atoms with Crippen LogP contribution in [0.2, 0.25) is 4.34 Å². The summed E-state index contributed by atoms with van der Waals surface area (Å²) in [4.78, 5) is 20.5. The SMILES string of the molecule is CC(C)[C@H](C)N(C(=O)c1csc(-c2ccc(Cl)s2)n1)C1CC1. The van der Waals surface area contributed by atoms with Gasteiger partial charge >= 0.3 is 0 Å². The highest BCUT2D eigenvalue weighted by Gasteiger charge is 2.37. The maximum absolute atomic E-state index is 12.9. The maximum atomic E-state index is 12.9. The first-order valence-corrected chi connectivity index (χ1v) is 9.58. The summed E-state index contributed by atoms with van der Waals surface area (Å²) in [6.45, 7) is 6.45. The van der Waals surface area contributed by atoms with Gasteiger partial charge in [-0.25, -0.2) is 4.98 Å². The topological polar surface area (TPSA) is 33.2 Å². The number of carbonyl (C=O) groups is 1. The number of hydrogen-bond acceptors (Lipinski definition) is 4. The largest absolute Gasteiger partial charge is 0.331 e. The zero-order valence-corrected chi connectivity index (χ0v) is 15.3. The van der Waals surface area contributed by atoms with Gasteiger partial charge in [0.2, 0.25) is 0 Å². The minimum absolute atomic E-state index is 0.0638. The molecule has 2 aromatic heterocycles. The van der Waals surface area contributed by atoms with E-state index in [2.05, 4.69) is 25.8 Å². The molecule has 0 spiro atoms. The summed E-state index contributed by atoms with van der Waals surface area (Å²) < 4.78 is 0.742. The number of thiazole rings is 1. The van der Waals surface area contributed by atoms with Crippen LogP contribution in [0.4, 0.5) is 0 Å². The highest BCUT2D eigenvalue weighted by Crippen LogP contribution is 2.35. The lowest BCUT2D eigenvalue weighted by Crippen LogP contribution is -2.43. The molecule has 1 aliphatic rings. The Hall–Kier alpha value is -0.910. The lowest BCUT2D eigenvalue weighted by molar-refractivity contribution is 0.0622. The molecule has 3 nitrogen and oxygen atoms in total. The lowest BCUT2D eigenvalue weighted by atomic mass is 10.0. The van der Waals surface area contributed by atoms with Crippen molar-refractivity contribution in [1.29, 1.82) is 0 Å². The van der Waals surface area contributed by atoms with E-state index in [9.17, 15) is 4.79 Å². The third kappa shape index (κ3) is 3.21. The monoisotopic (exact) mass is 354 g/mol. The second-order valence-electron chi connectivity index (χ2n) is 6.07. The van der Waals surface area contributed by atoms with Crippen molar-refractivity contribution in [2.75, 3.05) is 0 Å². The summed E-state index contributed by atoms with van der Waals surface area (Å²) in [5, 5.41) is 2.74. The van der Waals surface area contributed by atoms with Crippen molar-refractivity contribution < 1.29 is 4.79 Å². The van der Waals surface area contributed by atoms with Crippen molar-refractivity contribution in [2.45, 2.75) is 45.7 Å². The highest BCUT2D eigenvalue weighted by atomic mass is 35.5. The second-order valence-corrected chi connectivity index (χ2v) is 8.64. The van der Waals surface area contributed by atoms with Gasteiger partial charge in [0.15, 0.2) is 0 Å². The van der Waals surface area contributed by atoms with E-state index in [1.807, 2.05) is 22.4 Å². The fourth-order valence-corrected chi connectivity index (χ4v) is 4.31. The van der Waals surface area contributed by atoms with Crippen LogP contribution in [-0.4, -0.2) is 27.9 Å². The number of halogens is 1. The summed E-state index contributed by atoms with van der Waals surface area (Å²) in [6.07, 6.45) is 2.22. The Morgan fingerprint density at radius 3 is 2.64 bits per heavy atom. The number of hydrogen-bond donors (Lipinski definition) is 0. The van der Waals surface area contributed by atoms with Crippen LogP contribution in [0.1, 0.15) is 44.1 Å². The Morgan fingerprint density at radius 2 is 2.09 bits per heavy atom. The van der Waals surface area contributed by atoms with E-state index >= 15 is 0 Å². The molecular weight excluding hydrogens is 336 g/mol. The van der Waals surface area contributed by atoms with Crippen molar-refractivity contribution in [3.63, 3.8) is 0 Å². The van der Waals surface area contributed by atoms with Crippen LogP contribution in [0.25, 0.3) is 9.88 Å². The van der Waals surface area contributed by atoms with E-state index in [4.69, 9.17) is 11.6 Å². The van der Waals surface area contributed by atoms with Crippen LogP contribution in [0.3, 0.4) is 0 Å². The zero-order chi connectivity index (χ0) is 15.9. The van der Waals surface area contributed by atoms with E-state index in [0.29, 0.717) is 17.7 Å². The van der Waals surface area contributed by atoms with E-state index in [0.717, 1.165) is 27.1 Å². The van der Waals surface area contributed by atoms with Gasteiger partial charge in [0, 0.05) is 17.5 Å². The number of amides is 1. The molecule has 3 rings (SSSR count). The molecule has 1 amide bonds. The molecule has 2 heterocycles. The smallest absolute Gasteiger partial charge is 0.273 e. The van der Waals surface area contributed by atoms with Crippen LogP contribution in [0.15, 0.2) is 17.5 Å². The number of carbonyl (C=O) groups excluding carboxylic acids is 1. The third-order valence-electron chi connectivity index (χ3n) is 4.09.